The van der Waals surface area contributed by atoms with Gasteiger partial charge in [-0.25, -0.2) is 4.57 Å². The summed E-state index contributed by atoms with van der Waals surface area (Å²) in [6.07, 6.45) is 5.39. The summed E-state index contributed by atoms with van der Waals surface area (Å²) in [7, 11) is -10.7. The van der Waals surface area contributed by atoms with E-state index in [-0.39, 0.29) is 0 Å². The van der Waals surface area contributed by atoms with Crippen molar-refractivity contribution in [3.63, 3.8) is 0 Å². The first-order valence-electron chi connectivity index (χ1n) is 1.94. The van der Waals surface area contributed by atoms with Gasteiger partial charge in [0.15, 0.2) is 0 Å². The molecule has 9 heteroatoms. The van der Waals surface area contributed by atoms with Gasteiger partial charge in [-0.05, 0) is 0 Å². The lowest BCUT2D eigenvalue weighted by atomic mass is 11.3. The van der Waals surface area contributed by atoms with Crippen molar-refractivity contribution in [3.8, 4) is 12.5 Å². The van der Waals surface area contributed by atoms with Crippen LogP contribution in [0.1, 0.15) is 0 Å². The Kier molecular flexibility index (Phi) is 2.99. The molecule has 11 heavy (non-hydrogen) atoms. The minimum atomic E-state index is -5.41. The molecule has 1 atom stereocenters. The highest BCUT2D eigenvalue weighted by atomic mass is 32.3. The molecular formula is C2H2F2NO4PS. The van der Waals surface area contributed by atoms with Gasteiger partial charge in [-0.15, -0.1) is 4.20 Å². The lowest BCUT2D eigenvalue weighted by molar-refractivity contribution is 0.408. The van der Waals surface area contributed by atoms with Gasteiger partial charge >= 0.3 is 18.2 Å². The van der Waals surface area contributed by atoms with E-state index in [2.05, 4.69) is 10.9 Å². The molecule has 0 spiro atoms. The van der Waals surface area contributed by atoms with E-state index in [1.807, 2.05) is 0 Å². The molecule has 1 unspecified atom stereocenters. The van der Waals surface area contributed by atoms with E-state index >= 15 is 0 Å². The maximum absolute atomic E-state index is 12.0. The maximum atomic E-state index is 12.0. The highest BCUT2D eigenvalue weighted by Gasteiger charge is 2.29. The summed E-state index contributed by atoms with van der Waals surface area (Å²) < 4.78 is 56.5. The van der Waals surface area contributed by atoms with E-state index < -0.39 is 18.2 Å². The molecule has 0 aliphatic heterocycles. The standard InChI is InChI=1S/C2H2F2NO4PS/c1-2-9-10(3,6)5-11(4,7)8/h1H,(H,5,6). The van der Waals surface area contributed by atoms with Crippen LogP contribution in [0.4, 0.5) is 8.08 Å². The SMILES string of the molecule is C#COP(=O)(F)NS(=O)(=O)F. The third-order valence-electron chi connectivity index (χ3n) is 0.388. The fourth-order valence-corrected chi connectivity index (χ4v) is 1.54. The van der Waals surface area contributed by atoms with Gasteiger partial charge in [0.25, 0.3) is 0 Å². The van der Waals surface area contributed by atoms with Gasteiger partial charge in [0.2, 0.25) is 0 Å². The monoisotopic (exact) mass is 205 g/mol. The normalized spacial score (nSPS) is 16.5. The number of hydrogen-bond acceptors (Lipinski definition) is 4. The van der Waals surface area contributed by atoms with Crippen LogP contribution in [-0.2, 0) is 19.5 Å². The summed E-state index contributed by atoms with van der Waals surface area (Å²) in [6, 6.07) is 0. The zero-order chi connectivity index (χ0) is 9.12. The Hall–Kier alpha value is -0.640. The third-order valence-corrected chi connectivity index (χ3v) is 2.47. The minimum Gasteiger partial charge on any atom is -0.356 e. The summed E-state index contributed by atoms with van der Waals surface area (Å²) in [6.45, 7) is 0. The van der Waals surface area contributed by atoms with Crippen molar-refractivity contribution in [1.29, 1.82) is 0 Å². The van der Waals surface area contributed by atoms with Gasteiger partial charge in [0.1, 0.15) is 6.11 Å². The molecule has 0 radical (unpaired) electrons. The zero-order valence-corrected chi connectivity index (χ0v) is 6.53. The van der Waals surface area contributed by atoms with Crippen LogP contribution in [0.25, 0.3) is 0 Å². The van der Waals surface area contributed by atoms with E-state index in [9.17, 15) is 21.1 Å². The van der Waals surface area contributed by atoms with Crippen molar-refractivity contribution >= 4 is 18.2 Å². The molecule has 64 valence electrons. The molecule has 0 aliphatic rings. The fourth-order valence-electron chi connectivity index (χ4n) is 0.217. The summed E-state index contributed by atoms with van der Waals surface area (Å²) in [5.74, 6) is 0. The van der Waals surface area contributed by atoms with E-state index in [1.165, 1.54) is 0 Å². The lowest BCUT2D eigenvalue weighted by Gasteiger charge is -2.01. The van der Waals surface area contributed by atoms with E-state index in [0.29, 0.717) is 4.49 Å². The number of nitrogens with one attached hydrogen (secondary N) is 1. The van der Waals surface area contributed by atoms with Crippen LogP contribution in [0, 0.1) is 12.5 Å². The van der Waals surface area contributed by atoms with Gasteiger partial charge in [-0.2, -0.15) is 8.42 Å². The minimum absolute atomic E-state index is 0.426. The molecule has 1 N–H and O–H groups in total. The van der Waals surface area contributed by atoms with Crippen LogP contribution in [0.5, 0.6) is 0 Å². The second kappa shape index (κ2) is 3.17. The molecule has 0 saturated carbocycles. The van der Waals surface area contributed by atoms with Crippen LogP contribution in [0.15, 0.2) is 0 Å². The van der Waals surface area contributed by atoms with Gasteiger partial charge in [-0.1, -0.05) is 14.8 Å². The van der Waals surface area contributed by atoms with Crippen LogP contribution in [-0.4, -0.2) is 8.42 Å². The molecule has 5 nitrogen and oxygen atoms in total. The van der Waals surface area contributed by atoms with Crippen molar-refractivity contribution in [3.05, 3.63) is 0 Å². The second-order valence-electron chi connectivity index (χ2n) is 1.22. The van der Waals surface area contributed by atoms with Crippen molar-refractivity contribution in [2.24, 2.45) is 0 Å². The smallest absolute Gasteiger partial charge is 0.356 e. The van der Waals surface area contributed by atoms with Crippen LogP contribution >= 0.6 is 7.83 Å². The van der Waals surface area contributed by atoms with Crippen LogP contribution in [0.2, 0.25) is 0 Å². The Bertz CT molecular complexity index is 317. The average Bonchev–Trinajstić information content (AvgIpc) is 1.55. The Balaban J connectivity index is 4.41. The Morgan fingerprint density at radius 1 is 1.64 bits per heavy atom. The van der Waals surface area contributed by atoms with Gasteiger partial charge in [-0.3, -0.25) is 0 Å². The summed E-state index contributed by atoms with van der Waals surface area (Å²) in [5.41, 5.74) is 0. The quantitative estimate of drug-likeness (QED) is 0.413. The summed E-state index contributed by atoms with van der Waals surface area (Å²) >= 11 is 0. The Morgan fingerprint density at radius 2 is 2.09 bits per heavy atom. The van der Waals surface area contributed by atoms with Gasteiger partial charge in [0, 0.05) is 0 Å². The maximum Gasteiger partial charge on any atom is 0.520 e. The zero-order valence-electron chi connectivity index (χ0n) is 4.82. The number of halogens is 2. The molecular weight excluding hydrogens is 203 g/mol. The average molecular weight is 205 g/mol. The molecule has 0 rings (SSSR count). The molecule has 0 aromatic heterocycles. The van der Waals surface area contributed by atoms with Crippen LogP contribution in [0.3, 0.4) is 0 Å². The molecule has 0 aliphatic carbocycles. The molecule has 0 bridgehead atoms. The largest absolute Gasteiger partial charge is 0.520 e. The summed E-state index contributed by atoms with van der Waals surface area (Å²) in [5, 5.41) is 0. The predicted octanol–water partition coefficient (Wildman–Crippen LogP) is 0.475. The van der Waals surface area contributed by atoms with E-state index in [0.717, 1.165) is 6.11 Å². The molecule has 0 saturated heterocycles. The van der Waals surface area contributed by atoms with Crippen molar-refractivity contribution in [1.82, 2.24) is 4.49 Å². The number of terminal acetylenes is 1. The fraction of sp³-hybridized carbons (Fsp3) is 0. The molecule has 0 aromatic rings. The van der Waals surface area contributed by atoms with Crippen molar-refractivity contribution in [2.45, 2.75) is 0 Å². The lowest BCUT2D eigenvalue weighted by Crippen LogP contribution is -2.13. The molecule has 0 heterocycles. The van der Waals surface area contributed by atoms with E-state index in [4.69, 9.17) is 0 Å². The highest BCUT2D eigenvalue weighted by Crippen LogP contribution is 2.44. The molecule has 0 amide bonds. The first kappa shape index (κ1) is 10.4. The van der Waals surface area contributed by atoms with Crippen molar-refractivity contribution < 1.29 is 25.6 Å². The van der Waals surface area contributed by atoms with Crippen LogP contribution < -0.4 is 4.49 Å². The third kappa shape index (κ3) is 5.79. The van der Waals surface area contributed by atoms with Gasteiger partial charge in [0.05, 0.1) is 0 Å². The number of hydrogen-bond donors (Lipinski definition) is 1. The predicted molar refractivity (Wildman–Crippen MR) is 31.8 cm³/mol. The van der Waals surface area contributed by atoms with Crippen molar-refractivity contribution in [2.75, 3.05) is 0 Å². The number of rotatable bonds is 3. The first-order chi connectivity index (χ1) is 4.77. The Labute approximate surface area is 61.7 Å². The van der Waals surface area contributed by atoms with E-state index in [1.54, 1.807) is 0 Å². The first-order valence-corrected chi connectivity index (χ1v) is 4.84. The summed E-state index contributed by atoms with van der Waals surface area (Å²) in [4.78, 5) is 0. The Morgan fingerprint density at radius 3 is 2.36 bits per heavy atom. The van der Waals surface area contributed by atoms with Gasteiger partial charge < -0.3 is 4.52 Å². The topological polar surface area (TPSA) is 72.5 Å². The molecule has 0 aromatic carbocycles. The highest BCUT2D eigenvalue weighted by molar-refractivity contribution is 7.90. The molecule has 0 fully saturated rings. The second-order valence-corrected chi connectivity index (χ2v) is 3.97.